The molecule has 2 heterocycles. The normalized spacial score (nSPS) is 12.1. The van der Waals surface area contributed by atoms with Gasteiger partial charge in [-0.05, 0) is 19.0 Å². The Morgan fingerprint density at radius 1 is 1.21 bits per heavy atom. The zero-order valence-electron chi connectivity index (χ0n) is 11.1. The molecule has 0 radical (unpaired) electrons. The van der Waals surface area contributed by atoms with Gasteiger partial charge in [-0.25, -0.2) is 0 Å². The van der Waals surface area contributed by atoms with Gasteiger partial charge in [0.15, 0.2) is 0 Å². The third kappa shape index (κ3) is 3.45. The molecule has 1 unspecified atom stereocenters. The number of hydrogen-bond acceptors (Lipinski definition) is 6. The molecule has 2 rings (SSSR count). The van der Waals surface area contributed by atoms with E-state index >= 15 is 0 Å². The number of rotatable bonds is 6. The van der Waals surface area contributed by atoms with E-state index in [9.17, 15) is 0 Å². The summed E-state index contributed by atoms with van der Waals surface area (Å²) in [5.41, 5.74) is 1.63. The van der Waals surface area contributed by atoms with Gasteiger partial charge in [0.2, 0.25) is 5.88 Å². The maximum atomic E-state index is 5.01. The fraction of sp³-hybridized carbons (Fsp3) is 0.385. The van der Waals surface area contributed by atoms with Crippen LogP contribution in [0.4, 0.5) is 0 Å². The van der Waals surface area contributed by atoms with E-state index in [0.29, 0.717) is 5.88 Å². The highest BCUT2D eigenvalue weighted by Crippen LogP contribution is 2.18. The van der Waals surface area contributed by atoms with E-state index < -0.39 is 0 Å². The van der Waals surface area contributed by atoms with Crippen LogP contribution in [0.5, 0.6) is 5.88 Å². The van der Waals surface area contributed by atoms with Crippen molar-refractivity contribution in [1.29, 1.82) is 0 Å². The van der Waals surface area contributed by atoms with E-state index in [1.54, 1.807) is 31.8 Å². The minimum absolute atomic E-state index is 0.105. The van der Waals surface area contributed by atoms with E-state index in [4.69, 9.17) is 4.74 Å². The van der Waals surface area contributed by atoms with Crippen molar-refractivity contribution < 1.29 is 4.74 Å². The highest BCUT2D eigenvalue weighted by atomic mass is 16.5. The molecule has 0 fully saturated rings. The maximum Gasteiger partial charge on any atom is 0.233 e. The molecule has 0 aliphatic rings. The summed E-state index contributed by atoms with van der Waals surface area (Å²) >= 11 is 0. The average Bonchev–Trinajstić information content (AvgIpc) is 2.49. The topological polar surface area (TPSA) is 72.8 Å². The molecule has 0 aliphatic heterocycles. The van der Waals surface area contributed by atoms with Crippen molar-refractivity contribution in [3.8, 4) is 5.88 Å². The molecule has 0 amide bonds. The minimum Gasteiger partial charge on any atom is -0.480 e. The van der Waals surface area contributed by atoms with Crippen molar-refractivity contribution >= 4 is 0 Å². The Labute approximate surface area is 112 Å². The molecule has 6 nitrogen and oxygen atoms in total. The van der Waals surface area contributed by atoms with Crippen LogP contribution in [-0.2, 0) is 0 Å². The first-order chi connectivity index (χ1) is 9.35. The first-order valence-electron chi connectivity index (χ1n) is 6.22. The standard InChI is InChI=1S/C13H17N5O/c1-3-6-16-13(11-9-14-7-8-15-11)10-4-5-12(19-2)18-17-10/h4-5,7-9,13,16H,3,6H2,1-2H3. The summed E-state index contributed by atoms with van der Waals surface area (Å²) in [6.45, 7) is 2.98. The summed E-state index contributed by atoms with van der Waals surface area (Å²) in [7, 11) is 1.57. The van der Waals surface area contributed by atoms with Gasteiger partial charge >= 0.3 is 0 Å². The summed E-state index contributed by atoms with van der Waals surface area (Å²) in [4.78, 5) is 8.42. The molecule has 0 bridgehead atoms. The molecule has 0 spiro atoms. The lowest BCUT2D eigenvalue weighted by atomic mass is 10.1. The van der Waals surface area contributed by atoms with Crippen LogP contribution in [-0.4, -0.2) is 33.8 Å². The molecular weight excluding hydrogens is 242 g/mol. The number of hydrogen-bond donors (Lipinski definition) is 1. The first-order valence-corrected chi connectivity index (χ1v) is 6.22. The van der Waals surface area contributed by atoms with Crippen molar-refractivity contribution in [2.24, 2.45) is 0 Å². The average molecular weight is 259 g/mol. The second-order valence-corrected chi connectivity index (χ2v) is 4.02. The lowest BCUT2D eigenvalue weighted by molar-refractivity contribution is 0.390. The summed E-state index contributed by atoms with van der Waals surface area (Å²) < 4.78 is 5.01. The fourth-order valence-corrected chi connectivity index (χ4v) is 1.70. The number of nitrogens with zero attached hydrogens (tertiary/aromatic N) is 4. The van der Waals surface area contributed by atoms with E-state index in [1.807, 2.05) is 6.07 Å². The van der Waals surface area contributed by atoms with Gasteiger partial charge in [0.05, 0.1) is 30.7 Å². The third-order valence-corrected chi connectivity index (χ3v) is 2.64. The number of nitrogens with one attached hydrogen (secondary N) is 1. The van der Waals surface area contributed by atoms with Crippen LogP contribution in [0.2, 0.25) is 0 Å². The minimum atomic E-state index is -0.105. The molecular formula is C13H17N5O. The summed E-state index contributed by atoms with van der Waals surface area (Å²) in [5.74, 6) is 0.497. The Morgan fingerprint density at radius 3 is 2.68 bits per heavy atom. The van der Waals surface area contributed by atoms with Gasteiger partial charge in [0.1, 0.15) is 0 Å². The molecule has 0 saturated carbocycles. The van der Waals surface area contributed by atoms with Gasteiger partial charge < -0.3 is 10.1 Å². The Balaban J connectivity index is 2.26. The molecule has 0 aliphatic carbocycles. The lowest BCUT2D eigenvalue weighted by Crippen LogP contribution is -2.25. The molecule has 100 valence electrons. The van der Waals surface area contributed by atoms with Crippen LogP contribution in [0.3, 0.4) is 0 Å². The molecule has 1 atom stereocenters. The summed E-state index contributed by atoms with van der Waals surface area (Å²) in [5, 5.41) is 11.6. The zero-order valence-corrected chi connectivity index (χ0v) is 11.1. The smallest absolute Gasteiger partial charge is 0.233 e. The van der Waals surface area contributed by atoms with Gasteiger partial charge in [-0.3, -0.25) is 9.97 Å². The molecule has 2 aromatic rings. The molecule has 0 aromatic carbocycles. The molecule has 1 N–H and O–H groups in total. The SMILES string of the molecule is CCCNC(c1cnccn1)c1ccc(OC)nn1. The van der Waals surface area contributed by atoms with Crippen LogP contribution in [0, 0.1) is 0 Å². The van der Waals surface area contributed by atoms with Crippen LogP contribution < -0.4 is 10.1 Å². The first kappa shape index (κ1) is 13.4. The van der Waals surface area contributed by atoms with Gasteiger partial charge in [0, 0.05) is 18.5 Å². The Morgan fingerprint density at radius 2 is 2.11 bits per heavy atom. The highest BCUT2D eigenvalue weighted by Gasteiger charge is 2.16. The quantitative estimate of drug-likeness (QED) is 0.844. The van der Waals surface area contributed by atoms with Gasteiger partial charge in [-0.15, -0.1) is 10.2 Å². The van der Waals surface area contributed by atoms with Crippen molar-refractivity contribution in [2.45, 2.75) is 19.4 Å². The van der Waals surface area contributed by atoms with Crippen LogP contribution in [0.1, 0.15) is 30.8 Å². The van der Waals surface area contributed by atoms with Gasteiger partial charge in [-0.2, -0.15) is 0 Å². The second kappa shape index (κ2) is 6.75. The van der Waals surface area contributed by atoms with Crippen molar-refractivity contribution in [1.82, 2.24) is 25.5 Å². The maximum absolute atomic E-state index is 5.01. The van der Waals surface area contributed by atoms with Gasteiger partial charge in [0.25, 0.3) is 0 Å². The predicted octanol–water partition coefficient (Wildman–Crippen LogP) is 1.36. The number of methoxy groups -OCH3 is 1. The van der Waals surface area contributed by atoms with Crippen LogP contribution >= 0.6 is 0 Å². The van der Waals surface area contributed by atoms with E-state index in [1.165, 1.54) is 0 Å². The Hall–Kier alpha value is -2.08. The van der Waals surface area contributed by atoms with Crippen molar-refractivity contribution in [2.75, 3.05) is 13.7 Å². The highest BCUT2D eigenvalue weighted by molar-refractivity contribution is 5.21. The van der Waals surface area contributed by atoms with E-state index in [0.717, 1.165) is 24.4 Å². The summed E-state index contributed by atoms with van der Waals surface area (Å²) in [6.07, 6.45) is 6.09. The molecule has 0 saturated heterocycles. The largest absolute Gasteiger partial charge is 0.480 e. The van der Waals surface area contributed by atoms with Crippen LogP contribution in [0.15, 0.2) is 30.7 Å². The monoisotopic (exact) mass is 259 g/mol. The third-order valence-electron chi connectivity index (χ3n) is 2.64. The van der Waals surface area contributed by atoms with Crippen molar-refractivity contribution in [3.05, 3.63) is 42.1 Å². The number of ether oxygens (including phenoxy) is 1. The summed E-state index contributed by atoms with van der Waals surface area (Å²) in [6, 6.07) is 3.57. The molecule has 19 heavy (non-hydrogen) atoms. The van der Waals surface area contributed by atoms with E-state index in [2.05, 4.69) is 32.4 Å². The second-order valence-electron chi connectivity index (χ2n) is 4.02. The fourth-order valence-electron chi connectivity index (χ4n) is 1.70. The van der Waals surface area contributed by atoms with Gasteiger partial charge in [-0.1, -0.05) is 6.92 Å². The zero-order chi connectivity index (χ0) is 13.5. The molecule has 2 aromatic heterocycles. The molecule has 6 heteroatoms. The predicted molar refractivity (Wildman–Crippen MR) is 70.8 cm³/mol. The van der Waals surface area contributed by atoms with E-state index in [-0.39, 0.29) is 6.04 Å². The van der Waals surface area contributed by atoms with Crippen molar-refractivity contribution in [3.63, 3.8) is 0 Å². The Bertz CT molecular complexity index is 488. The Kier molecular flexibility index (Phi) is 4.74. The van der Waals surface area contributed by atoms with Crippen LogP contribution in [0.25, 0.3) is 0 Å². The number of aromatic nitrogens is 4. The lowest BCUT2D eigenvalue weighted by Gasteiger charge is -2.16.